The van der Waals surface area contributed by atoms with Crippen LogP contribution in [0.3, 0.4) is 0 Å². The second-order valence-corrected chi connectivity index (χ2v) is 4.24. The van der Waals surface area contributed by atoms with E-state index in [4.69, 9.17) is 0 Å². The van der Waals surface area contributed by atoms with E-state index in [2.05, 4.69) is 27.1 Å². The molecule has 84 valence electrons. The maximum absolute atomic E-state index is 4.54. The lowest BCUT2D eigenvalue weighted by Crippen LogP contribution is -1.87. The molecule has 4 aromatic rings. The Kier molecular flexibility index (Phi) is 1.83. The van der Waals surface area contributed by atoms with Gasteiger partial charge in [-0.1, -0.05) is 12.1 Å². The minimum atomic E-state index is 0.916. The summed E-state index contributed by atoms with van der Waals surface area (Å²) in [7, 11) is 0. The molecule has 0 N–H and O–H groups in total. The molecule has 0 atom stereocenters. The predicted molar refractivity (Wildman–Crippen MR) is 72.3 cm³/mol. The van der Waals surface area contributed by atoms with Crippen molar-refractivity contribution in [1.82, 2.24) is 15.0 Å². The Morgan fingerprint density at radius 2 is 1.39 bits per heavy atom. The average molecular weight is 231 g/mol. The van der Waals surface area contributed by atoms with Crippen molar-refractivity contribution in [3.63, 3.8) is 0 Å². The van der Waals surface area contributed by atoms with Crippen LogP contribution in [0.2, 0.25) is 0 Å². The smallest absolute Gasteiger partial charge is 0.0986 e. The molecule has 3 heteroatoms. The first-order chi connectivity index (χ1) is 8.93. The van der Waals surface area contributed by atoms with Gasteiger partial charge < -0.3 is 0 Å². The molecule has 3 aromatic heterocycles. The van der Waals surface area contributed by atoms with Gasteiger partial charge in [0.25, 0.3) is 0 Å². The quantitative estimate of drug-likeness (QED) is 0.436. The Balaban J connectivity index is 2.31. The van der Waals surface area contributed by atoms with Crippen LogP contribution in [0.4, 0.5) is 0 Å². The van der Waals surface area contributed by atoms with E-state index in [1.54, 1.807) is 6.20 Å². The van der Waals surface area contributed by atoms with Crippen molar-refractivity contribution >= 4 is 32.7 Å². The molecule has 4 rings (SSSR count). The van der Waals surface area contributed by atoms with Crippen molar-refractivity contribution in [2.75, 3.05) is 0 Å². The third-order valence-electron chi connectivity index (χ3n) is 3.17. The van der Waals surface area contributed by atoms with Gasteiger partial charge in [-0.05, 0) is 24.3 Å². The van der Waals surface area contributed by atoms with Gasteiger partial charge in [-0.25, -0.2) is 0 Å². The molecular weight excluding hydrogens is 222 g/mol. The van der Waals surface area contributed by atoms with Gasteiger partial charge in [0.15, 0.2) is 0 Å². The van der Waals surface area contributed by atoms with Crippen LogP contribution in [0.1, 0.15) is 0 Å². The molecule has 0 saturated carbocycles. The minimum absolute atomic E-state index is 0.916. The van der Waals surface area contributed by atoms with Gasteiger partial charge in [0, 0.05) is 34.7 Å². The Morgan fingerprint density at radius 1 is 0.611 bits per heavy atom. The minimum Gasteiger partial charge on any atom is -0.255 e. The number of fused-ring (bicyclic) bond motifs is 5. The van der Waals surface area contributed by atoms with Crippen LogP contribution in [-0.4, -0.2) is 15.0 Å². The van der Waals surface area contributed by atoms with Crippen LogP contribution in [0.25, 0.3) is 32.7 Å². The number of pyridine rings is 3. The van der Waals surface area contributed by atoms with E-state index in [-0.39, 0.29) is 0 Å². The zero-order valence-electron chi connectivity index (χ0n) is 9.54. The van der Waals surface area contributed by atoms with Crippen LogP contribution >= 0.6 is 0 Å². The zero-order chi connectivity index (χ0) is 11.9. The molecular formula is C15H9N3. The average Bonchev–Trinajstić information content (AvgIpc) is 2.46. The van der Waals surface area contributed by atoms with Gasteiger partial charge in [0.2, 0.25) is 0 Å². The van der Waals surface area contributed by atoms with Crippen LogP contribution in [-0.2, 0) is 0 Å². The van der Waals surface area contributed by atoms with Crippen molar-refractivity contribution in [2.24, 2.45) is 0 Å². The molecule has 0 spiro atoms. The highest BCUT2D eigenvalue weighted by Crippen LogP contribution is 2.26. The van der Waals surface area contributed by atoms with E-state index in [0.717, 1.165) is 32.7 Å². The first kappa shape index (κ1) is 9.48. The maximum atomic E-state index is 4.54. The summed E-state index contributed by atoms with van der Waals surface area (Å²) < 4.78 is 0. The molecule has 3 heterocycles. The molecule has 3 nitrogen and oxygen atoms in total. The molecule has 0 bridgehead atoms. The summed E-state index contributed by atoms with van der Waals surface area (Å²) in [5.74, 6) is 0. The van der Waals surface area contributed by atoms with Crippen molar-refractivity contribution in [1.29, 1.82) is 0 Å². The van der Waals surface area contributed by atoms with Crippen LogP contribution in [0, 0.1) is 0 Å². The third kappa shape index (κ3) is 1.21. The SMILES string of the molecule is c1cnc2c(c1)cnc1c2ccc2cccnc21. The highest BCUT2D eigenvalue weighted by atomic mass is 14.7. The van der Waals surface area contributed by atoms with Gasteiger partial charge in [-0.2, -0.15) is 0 Å². The third-order valence-corrected chi connectivity index (χ3v) is 3.17. The second-order valence-electron chi connectivity index (χ2n) is 4.24. The fourth-order valence-corrected chi connectivity index (χ4v) is 2.33. The summed E-state index contributed by atoms with van der Waals surface area (Å²) in [6.45, 7) is 0. The lowest BCUT2D eigenvalue weighted by Gasteiger charge is -2.04. The topological polar surface area (TPSA) is 38.7 Å². The first-order valence-corrected chi connectivity index (χ1v) is 5.81. The van der Waals surface area contributed by atoms with E-state index < -0.39 is 0 Å². The predicted octanol–water partition coefficient (Wildman–Crippen LogP) is 3.33. The number of hydrogen-bond donors (Lipinski definition) is 0. The second kappa shape index (κ2) is 3.47. The summed E-state index contributed by atoms with van der Waals surface area (Å²) in [4.78, 5) is 13.4. The number of benzene rings is 1. The van der Waals surface area contributed by atoms with Crippen molar-refractivity contribution in [3.05, 3.63) is 55.0 Å². The molecule has 0 radical (unpaired) electrons. The summed E-state index contributed by atoms with van der Waals surface area (Å²) >= 11 is 0. The van der Waals surface area contributed by atoms with Gasteiger partial charge in [0.1, 0.15) is 0 Å². The molecule has 0 unspecified atom stereocenters. The van der Waals surface area contributed by atoms with E-state index in [1.807, 2.05) is 36.7 Å². The van der Waals surface area contributed by atoms with Crippen LogP contribution in [0.15, 0.2) is 55.0 Å². The lowest BCUT2D eigenvalue weighted by atomic mass is 10.1. The Morgan fingerprint density at radius 3 is 2.28 bits per heavy atom. The van der Waals surface area contributed by atoms with Gasteiger partial charge in [0.05, 0.1) is 16.6 Å². The zero-order valence-corrected chi connectivity index (χ0v) is 9.54. The van der Waals surface area contributed by atoms with Gasteiger partial charge in [-0.3, -0.25) is 15.0 Å². The van der Waals surface area contributed by atoms with Gasteiger partial charge in [-0.15, -0.1) is 0 Å². The normalized spacial score (nSPS) is 11.3. The summed E-state index contributed by atoms with van der Waals surface area (Å²) in [6.07, 6.45) is 5.47. The Hall–Kier alpha value is -2.55. The van der Waals surface area contributed by atoms with Crippen molar-refractivity contribution in [2.45, 2.75) is 0 Å². The highest BCUT2D eigenvalue weighted by molar-refractivity contribution is 6.12. The standard InChI is InChI=1S/C15H9N3/c1-3-10-5-6-12-13-11(4-2-7-16-13)9-18-15(12)14(10)17-8-1/h1-9H. The van der Waals surface area contributed by atoms with E-state index in [0.29, 0.717) is 0 Å². The van der Waals surface area contributed by atoms with E-state index in [9.17, 15) is 0 Å². The van der Waals surface area contributed by atoms with E-state index >= 15 is 0 Å². The molecule has 0 saturated heterocycles. The molecule has 1 aromatic carbocycles. The number of hydrogen-bond acceptors (Lipinski definition) is 3. The largest absolute Gasteiger partial charge is 0.255 e. The summed E-state index contributed by atoms with van der Waals surface area (Å²) in [5, 5.41) is 3.22. The Labute approximate surface area is 103 Å². The number of rotatable bonds is 0. The summed E-state index contributed by atoms with van der Waals surface area (Å²) in [6, 6.07) is 12.1. The van der Waals surface area contributed by atoms with Crippen LogP contribution in [0.5, 0.6) is 0 Å². The number of aromatic nitrogens is 3. The molecule has 18 heavy (non-hydrogen) atoms. The summed E-state index contributed by atoms with van der Waals surface area (Å²) in [5.41, 5.74) is 2.83. The lowest BCUT2D eigenvalue weighted by molar-refractivity contribution is 1.36. The van der Waals surface area contributed by atoms with Crippen molar-refractivity contribution in [3.8, 4) is 0 Å². The fourth-order valence-electron chi connectivity index (χ4n) is 2.33. The number of nitrogens with zero attached hydrogens (tertiary/aromatic N) is 3. The van der Waals surface area contributed by atoms with Crippen LogP contribution < -0.4 is 0 Å². The van der Waals surface area contributed by atoms with Gasteiger partial charge >= 0.3 is 0 Å². The van der Waals surface area contributed by atoms with E-state index in [1.165, 1.54) is 0 Å². The molecule has 0 fully saturated rings. The fraction of sp³-hybridized carbons (Fsp3) is 0. The molecule has 0 aliphatic rings. The highest BCUT2D eigenvalue weighted by Gasteiger charge is 2.06. The molecule has 0 aliphatic heterocycles. The Bertz CT molecular complexity index is 809. The van der Waals surface area contributed by atoms with Crippen molar-refractivity contribution < 1.29 is 0 Å². The molecule has 0 amide bonds. The molecule has 0 aliphatic carbocycles. The monoisotopic (exact) mass is 231 g/mol. The first-order valence-electron chi connectivity index (χ1n) is 5.81. The maximum Gasteiger partial charge on any atom is 0.0986 e.